The maximum absolute atomic E-state index is 12.8. The van der Waals surface area contributed by atoms with E-state index in [0.29, 0.717) is 19.3 Å². The summed E-state index contributed by atoms with van der Waals surface area (Å²) in [6, 6.07) is 0. The van der Waals surface area contributed by atoms with Gasteiger partial charge in [-0.2, -0.15) is 0 Å². The van der Waals surface area contributed by atoms with Gasteiger partial charge >= 0.3 is 17.9 Å². The van der Waals surface area contributed by atoms with Crippen LogP contribution in [0.4, 0.5) is 0 Å². The van der Waals surface area contributed by atoms with Crippen molar-refractivity contribution in [3.05, 3.63) is 0 Å². The maximum atomic E-state index is 12.8. The van der Waals surface area contributed by atoms with Gasteiger partial charge in [-0.1, -0.05) is 298 Å². The summed E-state index contributed by atoms with van der Waals surface area (Å²) in [6.07, 6.45) is 56.7. The largest absolute Gasteiger partial charge is 0.462 e. The molecule has 0 radical (unpaired) electrons. The molecule has 66 heavy (non-hydrogen) atoms. The van der Waals surface area contributed by atoms with E-state index in [1.165, 1.54) is 225 Å². The Morgan fingerprint density at radius 3 is 0.864 bits per heavy atom. The average molecular weight is 934 g/mol. The van der Waals surface area contributed by atoms with Crippen LogP contribution in [0.2, 0.25) is 0 Å². The van der Waals surface area contributed by atoms with Gasteiger partial charge in [-0.05, 0) is 31.1 Å². The SMILES string of the molecule is CCCCCCCCCCCCCC(=O)O[C@H](COC(=O)CCCCCCCCCCCCCCCCCCCCC(C)CC)COC(=O)CCCCCCCCCCCCCCC(C)C. The van der Waals surface area contributed by atoms with E-state index >= 15 is 0 Å². The molecule has 0 spiro atoms. The lowest BCUT2D eigenvalue weighted by Gasteiger charge is -2.18. The summed E-state index contributed by atoms with van der Waals surface area (Å²) in [5, 5.41) is 0. The molecule has 0 aliphatic rings. The van der Waals surface area contributed by atoms with Gasteiger partial charge in [0, 0.05) is 19.3 Å². The molecule has 6 nitrogen and oxygen atoms in total. The van der Waals surface area contributed by atoms with E-state index in [9.17, 15) is 14.4 Å². The van der Waals surface area contributed by atoms with Gasteiger partial charge in [0.15, 0.2) is 6.10 Å². The van der Waals surface area contributed by atoms with Gasteiger partial charge in [0.05, 0.1) is 0 Å². The number of hydrogen-bond donors (Lipinski definition) is 0. The molecular formula is C60H116O6. The first-order valence-electron chi connectivity index (χ1n) is 29.8. The fraction of sp³-hybridized carbons (Fsp3) is 0.950. The van der Waals surface area contributed by atoms with E-state index in [-0.39, 0.29) is 31.1 Å². The second-order valence-electron chi connectivity index (χ2n) is 21.4. The Morgan fingerprint density at radius 2 is 0.576 bits per heavy atom. The van der Waals surface area contributed by atoms with Crippen molar-refractivity contribution in [1.82, 2.24) is 0 Å². The van der Waals surface area contributed by atoms with Crippen LogP contribution in [0.1, 0.15) is 336 Å². The molecule has 392 valence electrons. The Kier molecular flexibility index (Phi) is 51.5. The molecule has 1 unspecified atom stereocenters. The van der Waals surface area contributed by atoms with Crippen LogP contribution >= 0.6 is 0 Å². The minimum atomic E-state index is -0.762. The second kappa shape index (κ2) is 52.8. The molecule has 0 aromatic heterocycles. The average Bonchev–Trinajstić information content (AvgIpc) is 3.30. The Hall–Kier alpha value is -1.59. The van der Waals surface area contributed by atoms with E-state index in [0.717, 1.165) is 69.6 Å². The number of hydrogen-bond acceptors (Lipinski definition) is 6. The quantitative estimate of drug-likeness (QED) is 0.0343. The molecule has 0 aliphatic heterocycles. The lowest BCUT2D eigenvalue weighted by Crippen LogP contribution is -2.30. The highest BCUT2D eigenvalue weighted by atomic mass is 16.6. The molecule has 0 amide bonds. The monoisotopic (exact) mass is 933 g/mol. The van der Waals surface area contributed by atoms with Crippen LogP contribution in [0.15, 0.2) is 0 Å². The highest BCUT2D eigenvalue weighted by Crippen LogP contribution is 2.19. The molecular weight excluding hydrogens is 817 g/mol. The van der Waals surface area contributed by atoms with Gasteiger partial charge < -0.3 is 14.2 Å². The normalized spacial score (nSPS) is 12.5. The zero-order valence-corrected chi connectivity index (χ0v) is 45.3. The predicted octanol–water partition coefficient (Wildman–Crippen LogP) is 19.7. The van der Waals surface area contributed by atoms with Gasteiger partial charge in [-0.25, -0.2) is 0 Å². The molecule has 0 N–H and O–H groups in total. The Labute approximate surface area is 412 Å². The molecule has 0 bridgehead atoms. The molecule has 0 saturated carbocycles. The zero-order chi connectivity index (χ0) is 48.2. The van der Waals surface area contributed by atoms with Crippen molar-refractivity contribution >= 4 is 17.9 Å². The van der Waals surface area contributed by atoms with Crippen LogP contribution in [0, 0.1) is 11.8 Å². The van der Waals surface area contributed by atoms with Crippen molar-refractivity contribution in [2.45, 2.75) is 343 Å². The van der Waals surface area contributed by atoms with Crippen molar-refractivity contribution in [3.8, 4) is 0 Å². The first-order valence-corrected chi connectivity index (χ1v) is 29.8. The molecule has 0 aromatic rings. The zero-order valence-electron chi connectivity index (χ0n) is 45.3. The summed E-state index contributed by atoms with van der Waals surface area (Å²) in [7, 11) is 0. The third-order valence-electron chi connectivity index (χ3n) is 14.1. The summed E-state index contributed by atoms with van der Waals surface area (Å²) < 4.78 is 16.9. The first kappa shape index (κ1) is 64.4. The third kappa shape index (κ3) is 51.8. The topological polar surface area (TPSA) is 78.9 Å². The van der Waals surface area contributed by atoms with Crippen LogP contribution < -0.4 is 0 Å². The molecule has 0 heterocycles. The number of esters is 3. The van der Waals surface area contributed by atoms with Crippen molar-refractivity contribution in [2.24, 2.45) is 11.8 Å². The Bertz CT molecular complexity index is 1010. The van der Waals surface area contributed by atoms with E-state index in [1.807, 2.05) is 0 Å². The summed E-state index contributed by atoms with van der Waals surface area (Å²) in [6.45, 7) is 11.5. The molecule has 6 heteroatoms. The minimum absolute atomic E-state index is 0.0625. The molecule has 2 atom stereocenters. The molecule has 0 aromatic carbocycles. The second-order valence-corrected chi connectivity index (χ2v) is 21.4. The van der Waals surface area contributed by atoms with Gasteiger partial charge in [0.25, 0.3) is 0 Å². The van der Waals surface area contributed by atoms with Crippen LogP contribution in [0.5, 0.6) is 0 Å². The number of rotatable bonds is 54. The summed E-state index contributed by atoms with van der Waals surface area (Å²) in [4.78, 5) is 38.1. The Balaban J connectivity index is 4.20. The fourth-order valence-electron chi connectivity index (χ4n) is 9.20. The fourth-order valence-corrected chi connectivity index (χ4v) is 9.20. The van der Waals surface area contributed by atoms with Gasteiger partial charge in [0.2, 0.25) is 0 Å². The highest BCUT2D eigenvalue weighted by molar-refractivity contribution is 5.71. The van der Waals surface area contributed by atoms with Crippen molar-refractivity contribution < 1.29 is 28.6 Å². The smallest absolute Gasteiger partial charge is 0.306 e. The summed E-state index contributed by atoms with van der Waals surface area (Å²) in [5.74, 6) is 0.905. The summed E-state index contributed by atoms with van der Waals surface area (Å²) >= 11 is 0. The van der Waals surface area contributed by atoms with Crippen LogP contribution in [0.25, 0.3) is 0 Å². The standard InChI is InChI=1S/C60H116O6/c1-6-8-9-10-11-12-23-32-37-42-47-52-60(63)66-57(54-65-59(62)51-46-41-36-31-27-22-21-24-28-33-38-43-48-55(3)4)53-64-58(61)50-45-40-35-30-26-20-18-16-14-13-15-17-19-25-29-34-39-44-49-56(5)7-2/h55-57H,6-54H2,1-5H3/t56?,57-/m1/s1. The molecule has 0 rings (SSSR count). The van der Waals surface area contributed by atoms with Crippen LogP contribution in [-0.4, -0.2) is 37.2 Å². The van der Waals surface area contributed by atoms with Crippen molar-refractivity contribution in [1.29, 1.82) is 0 Å². The molecule has 0 aliphatic carbocycles. The maximum Gasteiger partial charge on any atom is 0.306 e. The molecule has 0 saturated heterocycles. The number of unbranched alkanes of at least 4 members (excludes halogenated alkanes) is 38. The van der Waals surface area contributed by atoms with Gasteiger partial charge in [-0.3, -0.25) is 14.4 Å². The third-order valence-corrected chi connectivity index (χ3v) is 14.1. The van der Waals surface area contributed by atoms with Crippen LogP contribution in [-0.2, 0) is 28.6 Å². The Morgan fingerprint density at radius 1 is 0.318 bits per heavy atom. The first-order chi connectivity index (χ1) is 32.3. The summed E-state index contributed by atoms with van der Waals surface area (Å²) in [5.41, 5.74) is 0. The lowest BCUT2D eigenvalue weighted by molar-refractivity contribution is -0.167. The lowest BCUT2D eigenvalue weighted by atomic mass is 9.99. The number of ether oxygens (including phenoxy) is 3. The van der Waals surface area contributed by atoms with E-state index in [2.05, 4.69) is 34.6 Å². The van der Waals surface area contributed by atoms with E-state index < -0.39 is 6.10 Å². The molecule has 0 fully saturated rings. The van der Waals surface area contributed by atoms with Crippen LogP contribution in [0.3, 0.4) is 0 Å². The highest BCUT2D eigenvalue weighted by Gasteiger charge is 2.19. The number of carbonyl (C=O) groups is 3. The predicted molar refractivity (Wildman–Crippen MR) is 284 cm³/mol. The van der Waals surface area contributed by atoms with Gasteiger partial charge in [0.1, 0.15) is 13.2 Å². The van der Waals surface area contributed by atoms with E-state index in [1.54, 1.807) is 0 Å². The van der Waals surface area contributed by atoms with Gasteiger partial charge in [-0.15, -0.1) is 0 Å². The van der Waals surface area contributed by atoms with Crippen molar-refractivity contribution in [3.63, 3.8) is 0 Å². The number of carbonyl (C=O) groups excluding carboxylic acids is 3. The van der Waals surface area contributed by atoms with E-state index in [4.69, 9.17) is 14.2 Å². The van der Waals surface area contributed by atoms with Crippen molar-refractivity contribution in [2.75, 3.05) is 13.2 Å². The minimum Gasteiger partial charge on any atom is -0.462 e.